The molecule has 2 heteroatoms. The van der Waals surface area contributed by atoms with E-state index in [4.69, 9.17) is 16.7 Å². The van der Waals surface area contributed by atoms with E-state index in [1.54, 1.807) is 0 Å². The van der Waals surface area contributed by atoms with Crippen molar-refractivity contribution in [3.05, 3.63) is 11.8 Å². The minimum atomic E-state index is -0.124. The number of aliphatic hydroxyl groups is 1. The lowest BCUT2D eigenvalue weighted by Crippen LogP contribution is -2.11. The van der Waals surface area contributed by atoms with Crippen molar-refractivity contribution < 1.29 is 5.11 Å². The van der Waals surface area contributed by atoms with E-state index >= 15 is 0 Å². The van der Waals surface area contributed by atoms with Crippen LogP contribution in [-0.4, -0.2) is 10.5 Å². The quantitative estimate of drug-likeness (QED) is 0.521. The van der Waals surface area contributed by atoms with E-state index in [0.717, 1.165) is 12.8 Å². The Morgan fingerprint density at radius 1 is 1.67 bits per heavy atom. The van der Waals surface area contributed by atoms with Gasteiger partial charge in [0.2, 0.25) is 0 Å². The van der Waals surface area contributed by atoms with E-state index < -0.39 is 0 Å². The Morgan fingerprint density at radius 3 is 2.78 bits per heavy atom. The predicted octanol–water partition coefficient (Wildman–Crippen LogP) is 2.47. The third-order valence-electron chi connectivity index (χ3n) is 1.65. The van der Waals surface area contributed by atoms with Crippen LogP contribution in [0, 0.1) is 5.92 Å². The molecule has 1 aliphatic carbocycles. The molecule has 0 radical (unpaired) electrons. The highest BCUT2D eigenvalue weighted by Gasteiger charge is 2.17. The lowest BCUT2D eigenvalue weighted by atomic mass is 9.96. The zero-order valence-electron chi connectivity index (χ0n) is 5.47. The first kappa shape index (κ1) is 6.94. The van der Waals surface area contributed by atoms with Crippen molar-refractivity contribution in [2.75, 3.05) is 0 Å². The average molecular weight is 147 g/mol. The zero-order chi connectivity index (χ0) is 6.85. The molecule has 1 rings (SSSR count). The molecule has 0 aromatic carbocycles. The molecule has 2 atom stereocenters. The van der Waals surface area contributed by atoms with Gasteiger partial charge in [-0.25, -0.2) is 0 Å². The lowest BCUT2D eigenvalue weighted by Gasteiger charge is -2.17. The summed E-state index contributed by atoms with van der Waals surface area (Å²) >= 11 is 5.71. The summed E-state index contributed by atoms with van der Waals surface area (Å²) in [5, 5.41) is 8.95. The number of aliphatic hydroxyl groups excluding tert-OH is 1. The fourth-order valence-corrected chi connectivity index (χ4v) is 1.24. The summed E-state index contributed by atoms with van der Waals surface area (Å²) < 4.78 is 0. The SMILES string of the molecule is CC1C=C(O)C(Cl)CC1. The van der Waals surface area contributed by atoms with Crippen LogP contribution in [0.4, 0.5) is 0 Å². The summed E-state index contributed by atoms with van der Waals surface area (Å²) in [7, 11) is 0. The van der Waals surface area contributed by atoms with E-state index in [0.29, 0.717) is 11.7 Å². The fraction of sp³-hybridized carbons (Fsp3) is 0.714. The first-order valence-corrected chi connectivity index (χ1v) is 3.68. The number of allylic oxidation sites excluding steroid dienone is 2. The summed E-state index contributed by atoms with van der Waals surface area (Å²) in [6, 6.07) is 0. The monoisotopic (exact) mass is 146 g/mol. The molecule has 1 N–H and O–H groups in total. The third kappa shape index (κ3) is 1.62. The van der Waals surface area contributed by atoms with E-state index in [2.05, 4.69) is 6.92 Å². The van der Waals surface area contributed by atoms with Gasteiger partial charge in [0.15, 0.2) is 0 Å². The molecule has 0 bridgehead atoms. The lowest BCUT2D eigenvalue weighted by molar-refractivity contribution is 0.356. The molecule has 0 fully saturated rings. The summed E-state index contributed by atoms with van der Waals surface area (Å²) in [5.41, 5.74) is 0. The van der Waals surface area contributed by atoms with Crippen molar-refractivity contribution in [2.45, 2.75) is 25.1 Å². The van der Waals surface area contributed by atoms with E-state index in [9.17, 15) is 0 Å². The molecule has 0 amide bonds. The normalized spacial score (nSPS) is 36.0. The van der Waals surface area contributed by atoms with Gasteiger partial charge in [-0.15, -0.1) is 11.6 Å². The molecular weight excluding hydrogens is 136 g/mol. The van der Waals surface area contributed by atoms with Crippen LogP contribution >= 0.6 is 11.6 Å². The molecule has 0 aromatic heterocycles. The van der Waals surface area contributed by atoms with Crippen LogP contribution in [0.3, 0.4) is 0 Å². The Hall–Kier alpha value is -0.170. The van der Waals surface area contributed by atoms with Crippen LogP contribution < -0.4 is 0 Å². The highest BCUT2D eigenvalue weighted by molar-refractivity contribution is 6.22. The van der Waals surface area contributed by atoms with Gasteiger partial charge in [-0.3, -0.25) is 0 Å². The van der Waals surface area contributed by atoms with Crippen molar-refractivity contribution in [3.8, 4) is 0 Å². The molecule has 0 aliphatic heterocycles. The Labute approximate surface area is 60.3 Å². The van der Waals surface area contributed by atoms with Crippen molar-refractivity contribution >= 4 is 11.6 Å². The topological polar surface area (TPSA) is 20.2 Å². The maximum Gasteiger partial charge on any atom is 0.106 e. The van der Waals surface area contributed by atoms with Crippen LogP contribution in [0.25, 0.3) is 0 Å². The van der Waals surface area contributed by atoms with Crippen molar-refractivity contribution in [1.29, 1.82) is 0 Å². The maximum absolute atomic E-state index is 9.08. The number of hydrogen-bond acceptors (Lipinski definition) is 1. The van der Waals surface area contributed by atoms with Crippen molar-refractivity contribution in [1.82, 2.24) is 0 Å². The Kier molecular flexibility index (Phi) is 2.01. The van der Waals surface area contributed by atoms with Gasteiger partial charge in [-0.05, 0) is 24.8 Å². The minimum Gasteiger partial charge on any atom is -0.511 e. The second-order valence-corrected chi connectivity index (χ2v) is 3.14. The van der Waals surface area contributed by atoms with Gasteiger partial charge in [-0.1, -0.05) is 6.92 Å². The second kappa shape index (κ2) is 2.61. The molecule has 0 saturated heterocycles. The number of alkyl halides is 1. The first-order chi connectivity index (χ1) is 4.20. The predicted molar refractivity (Wildman–Crippen MR) is 38.8 cm³/mol. The van der Waals surface area contributed by atoms with Gasteiger partial charge >= 0.3 is 0 Å². The molecule has 1 aliphatic rings. The van der Waals surface area contributed by atoms with Crippen LogP contribution in [0.2, 0.25) is 0 Å². The molecule has 1 nitrogen and oxygen atoms in total. The molecule has 52 valence electrons. The van der Waals surface area contributed by atoms with Gasteiger partial charge in [0.05, 0.1) is 5.38 Å². The molecular formula is C7H11ClO. The number of rotatable bonds is 0. The Morgan fingerprint density at radius 2 is 2.33 bits per heavy atom. The summed E-state index contributed by atoms with van der Waals surface area (Å²) in [5.74, 6) is 0.857. The summed E-state index contributed by atoms with van der Waals surface area (Å²) in [6.45, 7) is 2.08. The molecule has 0 saturated carbocycles. The number of hydrogen-bond donors (Lipinski definition) is 1. The summed E-state index contributed by atoms with van der Waals surface area (Å²) in [6.07, 6.45) is 3.84. The van der Waals surface area contributed by atoms with E-state index in [1.165, 1.54) is 0 Å². The maximum atomic E-state index is 9.08. The van der Waals surface area contributed by atoms with Crippen molar-refractivity contribution in [3.63, 3.8) is 0 Å². The van der Waals surface area contributed by atoms with Gasteiger partial charge in [0, 0.05) is 0 Å². The van der Waals surface area contributed by atoms with E-state index in [1.807, 2.05) is 6.08 Å². The van der Waals surface area contributed by atoms with Crippen molar-refractivity contribution in [2.24, 2.45) is 5.92 Å². The second-order valence-electron chi connectivity index (χ2n) is 2.61. The van der Waals surface area contributed by atoms with Gasteiger partial charge in [0.1, 0.15) is 5.76 Å². The highest BCUT2D eigenvalue weighted by atomic mass is 35.5. The Bertz CT molecular complexity index is 131. The standard InChI is InChI=1S/C7H11ClO/c1-5-2-3-6(8)7(9)4-5/h4-6,9H,2-3H2,1H3. The largest absolute Gasteiger partial charge is 0.511 e. The van der Waals surface area contributed by atoms with Crippen LogP contribution in [0.5, 0.6) is 0 Å². The Balaban J connectivity index is 2.61. The van der Waals surface area contributed by atoms with E-state index in [-0.39, 0.29) is 5.38 Å². The zero-order valence-corrected chi connectivity index (χ0v) is 6.23. The number of halogens is 1. The van der Waals surface area contributed by atoms with Crippen LogP contribution in [-0.2, 0) is 0 Å². The van der Waals surface area contributed by atoms with Gasteiger partial charge < -0.3 is 5.11 Å². The first-order valence-electron chi connectivity index (χ1n) is 3.25. The molecule has 0 heterocycles. The van der Waals surface area contributed by atoms with Crippen LogP contribution in [0.1, 0.15) is 19.8 Å². The average Bonchev–Trinajstić information content (AvgIpc) is 1.80. The minimum absolute atomic E-state index is 0.124. The summed E-state index contributed by atoms with van der Waals surface area (Å²) in [4.78, 5) is 0. The molecule has 0 spiro atoms. The molecule has 9 heavy (non-hydrogen) atoms. The van der Waals surface area contributed by atoms with Gasteiger partial charge in [0.25, 0.3) is 0 Å². The smallest absolute Gasteiger partial charge is 0.106 e. The third-order valence-corrected chi connectivity index (χ3v) is 2.09. The highest BCUT2D eigenvalue weighted by Crippen LogP contribution is 2.24. The fourth-order valence-electron chi connectivity index (χ4n) is 1.04. The molecule has 0 aromatic rings. The van der Waals surface area contributed by atoms with Crippen LogP contribution in [0.15, 0.2) is 11.8 Å². The molecule has 2 unspecified atom stereocenters. The van der Waals surface area contributed by atoms with Gasteiger partial charge in [-0.2, -0.15) is 0 Å².